The molecule has 5 nitrogen and oxygen atoms in total. The van der Waals surface area contributed by atoms with Crippen LogP contribution in [0, 0.1) is 25.2 Å². The van der Waals surface area contributed by atoms with Crippen LogP contribution in [0.25, 0.3) is 0 Å². The molecule has 1 aliphatic heterocycles. The first-order valence-electron chi connectivity index (χ1n) is 7.70. The van der Waals surface area contributed by atoms with Crippen molar-refractivity contribution >= 4 is 23.2 Å². The van der Waals surface area contributed by atoms with E-state index in [0.717, 1.165) is 11.1 Å². The quantitative estimate of drug-likeness (QED) is 0.883. The number of amides is 2. The predicted octanol–water partition coefficient (Wildman–Crippen LogP) is 2.92. The van der Waals surface area contributed by atoms with Gasteiger partial charge < -0.3 is 5.32 Å². The van der Waals surface area contributed by atoms with E-state index in [2.05, 4.69) is 11.4 Å². The first-order valence-corrected chi connectivity index (χ1v) is 7.70. The fourth-order valence-corrected chi connectivity index (χ4v) is 2.93. The van der Waals surface area contributed by atoms with Gasteiger partial charge in [0.2, 0.25) is 5.91 Å². The number of rotatable bonds is 3. The van der Waals surface area contributed by atoms with Gasteiger partial charge in [0.05, 0.1) is 23.7 Å². The van der Waals surface area contributed by atoms with Gasteiger partial charge in [0, 0.05) is 5.69 Å². The zero-order valence-corrected chi connectivity index (χ0v) is 13.5. The molecular formula is C19H17N3O2. The van der Waals surface area contributed by atoms with Gasteiger partial charge in [0.1, 0.15) is 6.04 Å². The predicted molar refractivity (Wildman–Crippen MR) is 91.6 cm³/mol. The maximum absolute atomic E-state index is 12.7. The normalized spacial score (nSPS) is 17.0. The molecule has 120 valence electrons. The summed E-state index contributed by atoms with van der Waals surface area (Å²) < 4.78 is 0. The number of carbonyl (C=O) groups excluding carboxylic acids is 2. The summed E-state index contributed by atoms with van der Waals surface area (Å²) in [6.07, 6.45) is 0.100. The zero-order valence-electron chi connectivity index (χ0n) is 13.5. The monoisotopic (exact) mass is 319 g/mol. The van der Waals surface area contributed by atoms with E-state index in [-0.39, 0.29) is 18.2 Å². The Morgan fingerprint density at radius 3 is 2.67 bits per heavy atom. The van der Waals surface area contributed by atoms with E-state index < -0.39 is 6.04 Å². The van der Waals surface area contributed by atoms with Crippen molar-refractivity contribution in [2.75, 3.05) is 10.2 Å². The summed E-state index contributed by atoms with van der Waals surface area (Å²) in [7, 11) is 0. The second-order valence-electron chi connectivity index (χ2n) is 5.95. The highest BCUT2D eigenvalue weighted by Gasteiger charge is 2.40. The van der Waals surface area contributed by atoms with E-state index >= 15 is 0 Å². The van der Waals surface area contributed by atoms with Crippen LogP contribution in [0.15, 0.2) is 42.5 Å². The minimum Gasteiger partial charge on any atom is -0.373 e. The number of carbonyl (C=O) groups is 2. The lowest BCUT2D eigenvalue weighted by Gasteiger charge is -2.18. The lowest BCUT2D eigenvalue weighted by Crippen LogP contribution is -2.35. The van der Waals surface area contributed by atoms with Crippen LogP contribution in [-0.2, 0) is 9.59 Å². The molecule has 0 radical (unpaired) electrons. The average molecular weight is 319 g/mol. The third kappa shape index (κ3) is 2.86. The third-order valence-corrected chi connectivity index (χ3v) is 4.07. The number of anilines is 2. The van der Waals surface area contributed by atoms with E-state index in [1.165, 1.54) is 4.90 Å². The van der Waals surface area contributed by atoms with Crippen molar-refractivity contribution in [3.63, 3.8) is 0 Å². The molecule has 5 heteroatoms. The first-order chi connectivity index (χ1) is 11.5. The van der Waals surface area contributed by atoms with Crippen molar-refractivity contribution in [3.05, 3.63) is 59.2 Å². The number of nitrogens with one attached hydrogen (secondary N) is 1. The number of nitrogens with zero attached hydrogens (tertiary/aromatic N) is 2. The maximum atomic E-state index is 12.7. The van der Waals surface area contributed by atoms with Crippen molar-refractivity contribution in [2.45, 2.75) is 26.3 Å². The Labute approximate surface area is 140 Å². The van der Waals surface area contributed by atoms with Gasteiger partial charge in [-0.1, -0.05) is 23.8 Å². The molecule has 1 atom stereocenters. The molecule has 2 aromatic carbocycles. The fourth-order valence-electron chi connectivity index (χ4n) is 2.93. The number of imide groups is 1. The third-order valence-electron chi connectivity index (χ3n) is 4.07. The second-order valence-corrected chi connectivity index (χ2v) is 5.95. The van der Waals surface area contributed by atoms with Crippen molar-refractivity contribution in [1.29, 1.82) is 5.26 Å². The molecule has 1 aliphatic rings. The van der Waals surface area contributed by atoms with Crippen molar-refractivity contribution < 1.29 is 9.59 Å². The second kappa shape index (κ2) is 6.17. The Morgan fingerprint density at radius 1 is 1.17 bits per heavy atom. The Hall–Kier alpha value is -3.13. The zero-order chi connectivity index (χ0) is 17.3. The molecule has 1 heterocycles. The van der Waals surface area contributed by atoms with Crippen molar-refractivity contribution in [3.8, 4) is 6.07 Å². The summed E-state index contributed by atoms with van der Waals surface area (Å²) in [5, 5.41) is 12.0. The topological polar surface area (TPSA) is 73.2 Å². The number of aryl methyl sites for hydroxylation is 2. The fraction of sp³-hybridized carbons (Fsp3) is 0.211. The molecule has 3 rings (SSSR count). The summed E-state index contributed by atoms with van der Waals surface area (Å²) in [5.41, 5.74) is 3.76. The standard InChI is InChI=1S/C19H17N3O2/c1-12-6-7-17(13(2)8-12)22-18(23)10-16(19(22)24)21-15-5-3-4-14(9-15)11-20/h3-9,16,21H,10H2,1-2H3/t16-/m1/s1. The molecule has 2 aromatic rings. The Bertz CT molecular complexity index is 867. The molecule has 0 spiro atoms. The molecule has 0 aromatic heterocycles. The minimum absolute atomic E-state index is 0.100. The van der Waals surface area contributed by atoms with Gasteiger partial charge >= 0.3 is 0 Å². The molecule has 0 bridgehead atoms. The van der Waals surface area contributed by atoms with Crippen LogP contribution in [0.4, 0.5) is 11.4 Å². The molecule has 1 N–H and O–H groups in total. The van der Waals surface area contributed by atoms with E-state index in [9.17, 15) is 9.59 Å². The van der Waals surface area contributed by atoms with E-state index in [1.54, 1.807) is 30.3 Å². The highest BCUT2D eigenvalue weighted by Crippen LogP contribution is 2.28. The van der Waals surface area contributed by atoms with Gasteiger partial charge in [-0.15, -0.1) is 0 Å². The number of nitriles is 1. The highest BCUT2D eigenvalue weighted by molar-refractivity contribution is 6.23. The van der Waals surface area contributed by atoms with Crippen molar-refractivity contribution in [1.82, 2.24) is 0 Å². The van der Waals surface area contributed by atoms with Crippen LogP contribution >= 0.6 is 0 Å². The lowest BCUT2D eigenvalue weighted by atomic mass is 10.1. The van der Waals surface area contributed by atoms with Crippen LogP contribution in [0.1, 0.15) is 23.1 Å². The molecule has 1 fully saturated rings. The van der Waals surface area contributed by atoms with E-state index in [0.29, 0.717) is 16.9 Å². The van der Waals surface area contributed by atoms with Crippen LogP contribution in [0.3, 0.4) is 0 Å². The first kappa shape index (κ1) is 15.8. The number of hydrogen-bond donors (Lipinski definition) is 1. The molecule has 0 unspecified atom stereocenters. The average Bonchev–Trinajstić information content (AvgIpc) is 2.82. The Morgan fingerprint density at radius 2 is 1.96 bits per heavy atom. The maximum Gasteiger partial charge on any atom is 0.256 e. The van der Waals surface area contributed by atoms with Gasteiger partial charge in [0.25, 0.3) is 5.91 Å². The molecule has 2 amide bonds. The smallest absolute Gasteiger partial charge is 0.256 e. The summed E-state index contributed by atoms with van der Waals surface area (Å²) >= 11 is 0. The van der Waals surface area contributed by atoms with Gasteiger partial charge in [0.15, 0.2) is 0 Å². The van der Waals surface area contributed by atoms with Crippen LogP contribution in [-0.4, -0.2) is 17.9 Å². The summed E-state index contributed by atoms with van der Waals surface area (Å²) in [5.74, 6) is -0.491. The van der Waals surface area contributed by atoms with Crippen LogP contribution < -0.4 is 10.2 Å². The molecular weight excluding hydrogens is 302 g/mol. The Balaban J connectivity index is 1.85. The van der Waals surface area contributed by atoms with E-state index in [4.69, 9.17) is 5.26 Å². The van der Waals surface area contributed by atoms with Gasteiger partial charge in [-0.25, -0.2) is 4.90 Å². The van der Waals surface area contributed by atoms with Gasteiger partial charge in [-0.05, 0) is 43.7 Å². The summed E-state index contributed by atoms with van der Waals surface area (Å²) in [6, 6.07) is 14.0. The minimum atomic E-state index is -0.618. The van der Waals surface area contributed by atoms with Gasteiger partial charge in [-0.3, -0.25) is 9.59 Å². The summed E-state index contributed by atoms with van der Waals surface area (Å²) in [4.78, 5) is 26.3. The lowest BCUT2D eigenvalue weighted by molar-refractivity contribution is -0.121. The highest BCUT2D eigenvalue weighted by atomic mass is 16.2. The van der Waals surface area contributed by atoms with Crippen molar-refractivity contribution in [2.24, 2.45) is 0 Å². The molecule has 0 aliphatic carbocycles. The SMILES string of the molecule is Cc1ccc(N2C(=O)C[C@@H](Nc3cccc(C#N)c3)C2=O)c(C)c1. The van der Waals surface area contributed by atoms with Crippen LogP contribution in [0.2, 0.25) is 0 Å². The largest absolute Gasteiger partial charge is 0.373 e. The number of hydrogen-bond acceptors (Lipinski definition) is 4. The van der Waals surface area contributed by atoms with E-state index in [1.807, 2.05) is 26.0 Å². The van der Waals surface area contributed by atoms with Gasteiger partial charge in [-0.2, -0.15) is 5.26 Å². The Kier molecular flexibility index (Phi) is 4.05. The summed E-state index contributed by atoms with van der Waals surface area (Å²) in [6.45, 7) is 3.86. The molecule has 24 heavy (non-hydrogen) atoms. The molecule has 1 saturated heterocycles. The number of benzene rings is 2. The van der Waals surface area contributed by atoms with Crippen LogP contribution in [0.5, 0.6) is 0 Å². The molecule has 0 saturated carbocycles.